The summed E-state index contributed by atoms with van der Waals surface area (Å²) in [6, 6.07) is 8.21. The summed E-state index contributed by atoms with van der Waals surface area (Å²) in [7, 11) is 0. The third-order valence-electron chi connectivity index (χ3n) is 1.93. The van der Waals surface area contributed by atoms with Gasteiger partial charge in [0.15, 0.2) is 5.01 Å². The summed E-state index contributed by atoms with van der Waals surface area (Å²) in [5.41, 5.74) is 2.20. The Morgan fingerprint density at radius 3 is 3.07 bits per heavy atom. The first-order valence-electron chi connectivity index (χ1n) is 4.19. The van der Waals surface area contributed by atoms with Crippen molar-refractivity contribution >= 4 is 37.5 Å². The van der Waals surface area contributed by atoms with Gasteiger partial charge in [0.2, 0.25) is 0 Å². The molecule has 0 saturated heterocycles. The number of hydrogen-bond acceptors (Lipinski definition) is 3. The van der Waals surface area contributed by atoms with E-state index < -0.39 is 0 Å². The number of fused-ring (bicyclic) bond motifs is 1. The summed E-state index contributed by atoms with van der Waals surface area (Å²) in [5.74, 6) is 0. The second kappa shape index (κ2) is 4.07. The highest BCUT2D eigenvalue weighted by atomic mass is 79.9. The van der Waals surface area contributed by atoms with Gasteiger partial charge >= 0.3 is 0 Å². The molecule has 0 aliphatic rings. The molecule has 0 bridgehead atoms. The van der Waals surface area contributed by atoms with Crippen molar-refractivity contribution in [3.63, 3.8) is 0 Å². The van der Waals surface area contributed by atoms with Crippen LogP contribution >= 0.6 is 27.3 Å². The van der Waals surface area contributed by atoms with Crippen LogP contribution in [0.5, 0.6) is 0 Å². The first kappa shape index (κ1) is 9.63. The van der Waals surface area contributed by atoms with Crippen molar-refractivity contribution in [1.29, 1.82) is 5.26 Å². The average molecular weight is 267 g/mol. The number of aryl methyl sites for hydroxylation is 1. The third-order valence-corrected chi connectivity index (χ3v) is 3.25. The number of halogens is 1. The Kier molecular flexibility index (Phi) is 2.80. The zero-order valence-electron chi connectivity index (χ0n) is 7.33. The molecule has 1 aromatic heterocycles. The molecule has 4 heteroatoms. The van der Waals surface area contributed by atoms with Gasteiger partial charge < -0.3 is 0 Å². The minimum atomic E-state index is 0.538. The van der Waals surface area contributed by atoms with Gasteiger partial charge in [-0.05, 0) is 24.1 Å². The summed E-state index contributed by atoms with van der Waals surface area (Å²) in [4.78, 5) is 4.18. The predicted octanol–water partition coefficient (Wildman–Crippen LogP) is 3.11. The van der Waals surface area contributed by atoms with Crippen LogP contribution in [0.2, 0.25) is 0 Å². The van der Waals surface area contributed by atoms with E-state index in [1.807, 2.05) is 6.07 Å². The molecule has 0 spiro atoms. The lowest BCUT2D eigenvalue weighted by Crippen LogP contribution is -1.83. The standard InChI is InChI=1S/C10H7BrN2S/c11-4-3-7-1-2-8-9(5-7)14-10(6-12)13-8/h1-2,5H,3-4H2. The quantitative estimate of drug-likeness (QED) is 0.784. The fourth-order valence-corrected chi connectivity index (χ4v) is 2.57. The zero-order valence-corrected chi connectivity index (χ0v) is 9.73. The highest BCUT2D eigenvalue weighted by Gasteiger charge is 2.03. The summed E-state index contributed by atoms with van der Waals surface area (Å²) in [6.45, 7) is 0. The lowest BCUT2D eigenvalue weighted by atomic mass is 10.2. The number of nitrogens with zero attached hydrogens (tertiary/aromatic N) is 2. The molecule has 0 radical (unpaired) electrons. The van der Waals surface area contributed by atoms with Crippen LogP contribution in [0.25, 0.3) is 10.2 Å². The van der Waals surface area contributed by atoms with E-state index >= 15 is 0 Å². The molecule has 0 aliphatic heterocycles. The Morgan fingerprint density at radius 1 is 1.50 bits per heavy atom. The molecule has 0 atom stereocenters. The third kappa shape index (κ3) is 1.79. The second-order valence-electron chi connectivity index (χ2n) is 2.87. The van der Waals surface area contributed by atoms with Crippen molar-refractivity contribution in [2.75, 3.05) is 5.33 Å². The van der Waals surface area contributed by atoms with Crippen LogP contribution < -0.4 is 0 Å². The normalized spacial score (nSPS) is 10.3. The van der Waals surface area contributed by atoms with Gasteiger partial charge in [0.25, 0.3) is 0 Å². The SMILES string of the molecule is N#Cc1nc2ccc(CCBr)cc2s1. The van der Waals surface area contributed by atoms with Crippen molar-refractivity contribution in [1.82, 2.24) is 4.98 Å². The summed E-state index contributed by atoms with van der Waals surface area (Å²) >= 11 is 4.85. The van der Waals surface area contributed by atoms with E-state index in [1.165, 1.54) is 16.9 Å². The van der Waals surface area contributed by atoms with Crippen molar-refractivity contribution in [3.05, 3.63) is 28.8 Å². The number of thiazole rings is 1. The van der Waals surface area contributed by atoms with E-state index in [4.69, 9.17) is 5.26 Å². The van der Waals surface area contributed by atoms with Gasteiger partial charge in [0.05, 0.1) is 10.2 Å². The maximum absolute atomic E-state index is 8.70. The Bertz CT molecular complexity index is 498. The number of rotatable bonds is 2. The Balaban J connectivity index is 2.50. The minimum Gasteiger partial charge on any atom is -0.226 e. The summed E-state index contributed by atoms with van der Waals surface area (Å²) in [5, 5.41) is 10.2. The summed E-state index contributed by atoms with van der Waals surface area (Å²) < 4.78 is 1.10. The van der Waals surface area contributed by atoms with Crippen molar-refractivity contribution in [2.24, 2.45) is 0 Å². The molecule has 1 aromatic carbocycles. The molecular formula is C10H7BrN2S. The molecule has 0 saturated carbocycles. The van der Waals surface area contributed by atoms with Crippen LogP contribution in [-0.2, 0) is 6.42 Å². The molecule has 14 heavy (non-hydrogen) atoms. The van der Waals surface area contributed by atoms with E-state index in [0.717, 1.165) is 22.0 Å². The molecule has 2 rings (SSSR count). The van der Waals surface area contributed by atoms with Gasteiger partial charge in [0, 0.05) is 5.33 Å². The number of nitriles is 1. The van der Waals surface area contributed by atoms with Crippen LogP contribution in [0.4, 0.5) is 0 Å². The lowest BCUT2D eigenvalue weighted by Gasteiger charge is -1.95. The van der Waals surface area contributed by atoms with Crippen LogP contribution in [0.3, 0.4) is 0 Å². The highest BCUT2D eigenvalue weighted by molar-refractivity contribution is 9.09. The molecule has 2 aromatic rings. The number of alkyl halides is 1. The van der Waals surface area contributed by atoms with E-state index in [1.54, 1.807) is 0 Å². The van der Waals surface area contributed by atoms with Crippen molar-refractivity contribution < 1.29 is 0 Å². The first-order valence-corrected chi connectivity index (χ1v) is 6.13. The van der Waals surface area contributed by atoms with Crippen molar-refractivity contribution in [3.8, 4) is 6.07 Å². The van der Waals surface area contributed by atoms with Gasteiger partial charge in [-0.1, -0.05) is 22.0 Å². The van der Waals surface area contributed by atoms with Gasteiger partial charge in [-0.15, -0.1) is 11.3 Å². The monoisotopic (exact) mass is 266 g/mol. The number of hydrogen-bond donors (Lipinski definition) is 0. The van der Waals surface area contributed by atoms with E-state index in [2.05, 4.69) is 39.1 Å². The van der Waals surface area contributed by atoms with E-state index in [9.17, 15) is 0 Å². The molecule has 0 N–H and O–H groups in total. The Hall–Kier alpha value is -0.920. The molecule has 2 nitrogen and oxygen atoms in total. The van der Waals surface area contributed by atoms with Gasteiger partial charge in [-0.3, -0.25) is 0 Å². The topological polar surface area (TPSA) is 36.7 Å². The maximum atomic E-state index is 8.70. The molecule has 0 unspecified atom stereocenters. The van der Waals surface area contributed by atoms with Crippen LogP contribution in [0.15, 0.2) is 18.2 Å². The van der Waals surface area contributed by atoms with Crippen LogP contribution in [0, 0.1) is 11.3 Å². The molecule has 0 aliphatic carbocycles. The number of aromatic nitrogens is 1. The second-order valence-corrected chi connectivity index (χ2v) is 4.70. The predicted molar refractivity (Wildman–Crippen MR) is 61.8 cm³/mol. The van der Waals surface area contributed by atoms with E-state index in [-0.39, 0.29) is 0 Å². The fraction of sp³-hybridized carbons (Fsp3) is 0.200. The van der Waals surface area contributed by atoms with E-state index in [0.29, 0.717) is 5.01 Å². The smallest absolute Gasteiger partial charge is 0.195 e. The van der Waals surface area contributed by atoms with Gasteiger partial charge in [-0.25, -0.2) is 4.98 Å². The largest absolute Gasteiger partial charge is 0.226 e. The van der Waals surface area contributed by atoms with Crippen LogP contribution in [-0.4, -0.2) is 10.3 Å². The lowest BCUT2D eigenvalue weighted by molar-refractivity contribution is 1.18. The van der Waals surface area contributed by atoms with Gasteiger partial charge in [0.1, 0.15) is 6.07 Å². The zero-order chi connectivity index (χ0) is 9.97. The highest BCUT2D eigenvalue weighted by Crippen LogP contribution is 2.23. The van der Waals surface area contributed by atoms with Crippen LogP contribution in [0.1, 0.15) is 10.6 Å². The molecule has 0 fully saturated rings. The van der Waals surface area contributed by atoms with Crippen molar-refractivity contribution in [2.45, 2.75) is 6.42 Å². The summed E-state index contributed by atoms with van der Waals surface area (Å²) in [6.07, 6.45) is 1.01. The van der Waals surface area contributed by atoms with Gasteiger partial charge in [-0.2, -0.15) is 5.26 Å². The maximum Gasteiger partial charge on any atom is 0.195 e. The Labute approximate surface area is 94.3 Å². The molecule has 70 valence electrons. The first-order chi connectivity index (χ1) is 6.83. The molecular weight excluding hydrogens is 260 g/mol. The minimum absolute atomic E-state index is 0.538. The molecule has 0 amide bonds. The number of benzene rings is 1. The average Bonchev–Trinajstić information content (AvgIpc) is 2.60. The molecule has 1 heterocycles. The fourth-order valence-electron chi connectivity index (χ4n) is 1.28. The Morgan fingerprint density at radius 2 is 2.36 bits per heavy atom.